The first-order valence-corrected chi connectivity index (χ1v) is 7.57. The van der Waals surface area contributed by atoms with Crippen molar-refractivity contribution in [1.29, 1.82) is 0 Å². The van der Waals surface area contributed by atoms with E-state index in [9.17, 15) is 4.79 Å². The van der Waals surface area contributed by atoms with Gasteiger partial charge in [0.1, 0.15) is 0 Å². The molecule has 0 aliphatic heterocycles. The predicted octanol–water partition coefficient (Wildman–Crippen LogP) is 2.93. The molecule has 0 saturated heterocycles. The van der Waals surface area contributed by atoms with Gasteiger partial charge in [-0.05, 0) is 35.6 Å². The van der Waals surface area contributed by atoms with Gasteiger partial charge >= 0.3 is 0 Å². The molecule has 0 radical (unpaired) electrons. The third-order valence-electron chi connectivity index (χ3n) is 3.35. The SMILES string of the molecule is CCCOc1ccc(NC(=O)Cc2ccc3cc[nH]c3c2)nn1. The van der Waals surface area contributed by atoms with Crippen LogP contribution in [0, 0.1) is 0 Å². The molecule has 0 aliphatic rings. The smallest absolute Gasteiger partial charge is 0.233 e. The summed E-state index contributed by atoms with van der Waals surface area (Å²) in [5, 5.41) is 11.7. The van der Waals surface area contributed by atoms with Gasteiger partial charge in [0.15, 0.2) is 5.82 Å². The molecule has 6 nitrogen and oxygen atoms in total. The van der Waals surface area contributed by atoms with Crippen LogP contribution < -0.4 is 10.1 Å². The Kier molecular flexibility index (Phi) is 4.52. The number of ether oxygens (including phenoxy) is 1. The zero-order chi connectivity index (χ0) is 16.1. The van der Waals surface area contributed by atoms with Crippen molar-refractivity contribution in [2.24, 2.45) is 0 Å². The van der Waals surface area contributed by atoms with E-state index in [1.165, 1.54) is 0 Å². The highest BCUT2D eigenvalue weighted by Gasteiger charge is 2.07. The average Bonchev–Trinajstić information content (AvgIpc) is 3.02. The maximum absolute atomic E-state index is 12.1. The summed E-state index contributed by atoms with van der Waals surface area (Å²) in [5.74, 6) is 0.745. The molecule has 2 N–H and O–H groups in total. The van der Waals surface area contributed by atoms with Gasteiger partial charge in [-0.3, -0.25) is 4.79 Å². The fourth-order valence-corrected chi connectivity index (χ4v) is 2.25. The monoisotopic (exact) mass is 310 g/mol. The fourth-order valence-electron chi connectivity index (χ4n) is 2.25. The predicted molar refractivity (Wildman–Crippen MR) is 88.5 cm³/mol. The summed E-state index contributed by atoms with van der Waals surface area (Å²) < 4.78 is 5.35. The molecule has 0 aliphatic carbocycles. The van der Waals surface area contributed by atoms with Gasteiger partial charge in [-0.1, -0.05) is 19.1 Å². The van der Waals surface area contributed by atoms with E-state index in [2.05, 4.69) is 20.5 Å². The Morgan fingerprint density at radius 2 is 2.13 bits per heavy atom. The maximum atomic E-state index is 12.1. The third-order valence-corrected chi connectivity index (χ3v) is 3.35. The third kappa shape index (κ3) is 3.85. The number of aromatic amines is 1. The van der Waals surface area contributed by atoms with Gasteiger partial charge in [0.2, 0.25) is 11.8 Å². The Balaban J connectivity index is 1.60. The Bertz CT molecular complexity index is 796. The molecule has 1 aromatic carbocycles. The summed E-state index contributed by atoms with van der Waals surface area (Å²) >= 11 is 0. The molecule has 3 rings (SSSR count). The molecule has 23 heavy (non-hydrogen) atoms. The normalized spacial score (nSPS) is 10.7. The topological polar surface area (TPSA) is 79.9 Å². The van der Waals surface area contributed by atoms with Gasteiger partial charge < -0.3 is 15.0 Å². The van der Waals surface area contributed by atoms with Gasteiger partial charge in [-0.15, -0.1) is 10.2 Å². The first kappa shape index (κ1) is 15.0. The second-order valence-corrected chi connectivity index (χ2v) is 5.23. The van der Waals surface area contributed by atoms with E-state index >= 15 is 0 Å². The van der Waals surface area contributed by atoms with Gasteiger partial charge in [0.25, 0.3) is 0 Å². The number of H-pyrrole nitrogens is 1. The molecule has 2 aromatic heterocycles. The summed E-state index contributed by atoms with van der Waals surface area (Å²) in [6.45, 7) is 2.62. The van der Waals surface area contributed by atoms with E-state index in [-0.39, 0.29) is 12.3 Å². The number of benzene rings is 1. The molecule has 0 atom stereocenters. The Hall–Kier alpha value is -2.89. The Morgan fingerprint density at radius 3 is 2.91 bits per heavy atom. The van der Waals surface area contributed by atoms with Crippen LogP contribution in [0.15, 0.2) is 42.6 Å². The second-order valence-electron chi connectivity index (χ2n) is 5.23. The van der Waals surface area contributed by atoms with Crippen LogP contribution in [0.5, 0.6) is 5.88 Å². The molecule has 0 bridgehead atoms. The molecular formula is C17H18N4O2. The molecule has 0 saturated carbocycles. The molecule has 6 heteroatoms. The van der Waals surface area contributed by atoms with Crippen molar-refractivity contribution in [3.63, 3.8) is 0 Å². The van der Waals surface area contributed by atoms with Crippen LogP contribution in [0.2, 0.25) is 0 Å². The zero-order valence-corrected chi connectivity index (χ0v) is 12.9. The summed E-state index contributed by atoms with van der Waals surface area (Å²) in [5.41, 5.74) is 1.96. The number of fused-ring (bicyclic) bond motifs is 1. The molecule has 0 spiro atoms. The highest BCUT2D eigenvalue weighted by Crippen LogP contribution is 2.15. The van der Waals surface area contributed by atoms with Crippen molar-refractivity contribution in [2.75, 3.05) is 11.9 Å². The lowest BCUT2D eigenvalue weighted by Gasteiger charge is -2.06. The number of nitrogens with one attached hydrogen (secondary N) is 2. The minimum atomic E-state index is -0.132. The standard InChI is InChI=1S/C17H18N4O2/c1-2-9-23-17-6-5-15(20-21-17)19-16(22)11-12-3-4-13-7-8-18-14(13)10-12/h3-8,10,18H,2,9,11H2,1H3,(H,19,20,22). The van der Waals surface area contributed by atoms with Crippen LogP contribution in [0.4, 0.5) is 5.82 Å². The zero-order valence-electron chi connectivity index (χ0n) is 12.9. The van der Waals surface area contributed by atoms with Gasteiger partial charge in [-0.2, -0.15) is 0 Å². The minimum Gasteiger partial charge on any atom is -0.477 e. The highest BCUT2D eigenvalue weighted by atomic mass is 16.5. The van der Waals surface area contributed by atoms with E-state index in [0.717, 1.165) is 22.9 Å². The first-order valence-electron chi connectivity index (χ1n) is 7.57. The summed E-state index contributed by atoms with van der Waals surface area (Å²) in [7, 11) is 0. The van der Waals surface area contributed by atoms with Crippen molar-refractivity contribution in [3.05, 3.63) is 48.2 Å². The number of hydrogen-bond acceptors (Lipinski definition) is 4. The number of hydrogen-bond donors (Lipinski definition) is 2. The van der Waals surface area contributed by atoms with Crippen LogP contribution in [-0.2, 0) is 11.2 Å². The first-order chi connectivity index (χ1) is 11.2. The molecule has 3 aromatic rings. The lowest BCUT2D eigenvalue weighted by atomic mass is 10.1. The minimum absolute atomic E-state index is 0.132. The Morgan fingerprint density at radius 1 is 1.22 bits per heavy atom. The summed E-state index contributed by atoms with van der Waals surface area (Å²) in [4.78, 5) is 15.2. The second kappa shape index (κ2) is 6.91. The van der Waals surface area contributed by atoms with E-state index in [4.69, 9.17) is 4.74 Å². The number of amides is 1. The van der Waals surface area contributed by atoms with Crippen molar-refractivity contribution in [1.82, 2.24) is 15.2 Å². The number of rotatable bonds is 6. The van der Waals surface area contributed by atoms with Gasteiger partial charge in [-0.25, -0.2) is 0 Å². The van der Waals surface area contributed by atoms with E-state index < -0.39 is 0 Å². The number of nitrogens with zero attached hydrogens (tertiary/aromatic N) is 2. The molecule has 0 fully saturated rings. The van der Waals surface area contributed by atoms with E-state index in [0.29, 0.717) is 18.3 Å². The van der Waals surface area contributed by atoms with Gasteiger partial charge in [0, 0.05) is 17.8 Å². The number of aromatic nitrogens is 3. The van der Waals surface area contributed by atoms with E-state index in [1.807, 2.05) is 37.4 Å². The van der Waals surface area contributed by atoms with Crippen molar-refractivity contribution >= 4 is 22.6 Å². The number of carbonyl (C=O) groups excluding carboxylic acids is 1. The molecule has 1 amide bonds. The average molecular weight is 310 g/mol. The Labute approximate surface area is 133 Å². The van der Waals surface area contributed by atoms with Crippen LogP contribution in [0.1, 0.15) is 18.9 Å². The van der Waals surface area contributed by atoms with Crippen molar-refractivity contribution < 1.29 is 9.53 Å². The van der Waals surface area contributed by atoms with Crippen LogP contribution >= 0.6 is 0 Å². The molecule has 118 valence electrons. The van der Waals surface area contributed by atoms with Crippen LogP contribution in [-0.4, -0.2) is 27.7 Å². The molecule has 2 heterocycles. The lowest BCUT2D eigenvalue weighted by Crippen LogP contribution is -2.15. The van der Waals surface area contributed by atoms with Crippen LogP contribution in [0.3, 0.4) is 0 Å². The molecular weight excluding hydrogens is 292 g/mol. The molecule has 0 unspecified atom stereocenters. The summed E-state index contributed by atoms with van der Waals surface area (Å²) in [6.07, 6.45) is 3.07. The fraction of sp³-hybridized carbons (Fsp3) is 0.235. The largest absolute Gasteiger partial charge is 0.477 e. The van der Waals surface area contributed by atoms with Gasteiger partial charge in [0.05, 0.1) is 13.0 Å². The van der Waals surface area contributed by atoms with Crippen molar-refractivity contribution in [2.45, 2.75) is 19.8 Å². The number of carbonyl (C=O) groups is 1. The maximum Gasteiger partial charge on any atom is 0.233 e. The highest BCUT2D eigenvalue weighted by molar-refractivity contribution is 5.92. The summed E-state index contributed by atoms with van der Waals surface area (Å²) in [6, 6.07) is 11.3. The van der Waals surface area contributed by atoms with Crippen LogP contribution in [0.25, 0.3) is 10.9 Å². The van der Waals surface area contributed by atoms with Crippen molar-refractivity contribution in [3.8, 4) is 5.88 Å². The van der Waals surface area contributed by atoms with E-state index in [1.54, 1.807) is 12.1 Å². The number of anilines is 1. The lowest BCUT2D eigenvalue weighted by molar-refractivity contribution is -0.115. The quantitative estimate of drug-likeness (QED) is 0.733.